The Balaban J connectivity index is 1.39. The number of hydrogen-bond acceptors (Lipinski definition) is 4. The van der Waals surface area contributed by atoms with Crippen molar-refractivity contribution in [2.45, 2.75) is 176 Å². The van der Waals surface area contributed by atoms with Crippen LogP contribution in [0.25, 0.3) is 0 Å². The molecule has 1 aromatic rings. The number of thiocarbonyl (C=S) groups is 1. The maximum Gasteiger partial charge on any atom is 0.262 e. The molecule has 4 nitrogen and oxygen atoms in total. The molecule has 7 atom stereocenters. The predicted octanol–water partition coefficient (Wildman–Crippen LogP) is 13.7. The van der Waals surface area contributed by atoms with E-state index in [0.717, 1.165) is 24.9 Å². The molecule has 2 saturated carbocycles. The Labute approximate surface area is 344 Å². The molecule has 0 amide bonds. The summed E-state index contributed by atoms with van der Waals surface area (Å²) in [5.41, 5.74) is 5.31. The molecule has 0 aromatic heterocycles. The zero-order valence-electron chi connectivity index (χ0n) is 37.5. The first-order valence-electron chi connectivity index (χ1n) is 21.3. The van der Waals surface area contributed by atoms with Gasteiger partial charge >= 0.3 is 0 Å². The summed E-state index contributed by atoms with van der Waals surface area (Å²) in [6.07, 6.45) is 14.4. The molecule has 0 saturated heterocycles. The lowest BCUT2D eigenvalue weighted by atomic mass is 9.50. The Kier molecular flexibility index (Phi) is 12.6. The molecule has 1 aromatic carbocycles. The number of anilines is 1. The smallest absolute Gasteiger partial charge is 0.262 e. The van der Waals surface area contributed by atoms with Gasteiger partial charge in [-0.25, -0.2) is 0 Å². The van der Waals surface area contributed by atoms with E-state index in [2.05, 4.69) is 145 Å². The number of ether oxygens (including phenoxy) is 1. The maximum atomic E-state index is 7.15. The van der Waals surface area contributed by atoms with E-state index in [0.29, 0.717) is 29.0 Å². The molecular weight excluding hydrogens is 727 g/mol. The molecule has 0 spiro atoms. The second-order valence-electron chi connectivity index (χ2n) is 21.3. The highest BCUT2D eigenvalue weighted by molar-refractivity contribution is 7.80. The van der Waals surface area contributed by atoms with Crippen LogP contribution in [0.4, 0.5) is 5.69 Å². The summed E-state index contributed by atoms with van der Waals surface area (Å²) in [6, 6.07) is 10.0. The Morgan fingerprint density at radius 1 is 0.873 bits per heavy atom. The van der Waals surface area contributed by atoms with Gasteiger partial charge in [-0.3, -0.25) is 0 Å². The lowest BCUT2D eigenvalue weighted by Crippen LogP contribution is -2.50. The van der Waals surface area contributed by atoms with Crippen molar-refractivity contribution in [3.63, 3.8) is 0 Å². The van der Waals surface area contributed by atoms with E-state index in [1.165, 1.54) is 24.8 Å². The van der Waals surface area contributed by atoms with Gasteiger partial charge < -0.3 is 18.9 Å². The van der Waals surface area contributed by atoms with Crippen molar-refractivity contribution < 1.29 is 13.6 Å². The van der Waals surface area contributed by atoms with Crippen LogP contribution >= 0.6 is 12.2 Å². The van der Waals surface area contributed by atoms with Crippen molar-refractivity contribution in [1.29, 1.82) is 0 Å². The van der Waals surface area contributed by atoms with Gasteiger partial charge in [0.05, 0.1) is 0 Å². The van der Waals surface area contributed by atoms with Crippen molar-refractivity contribution in [2.75, 3.05) is 5.32 Å². The summed E-state index contributed by atoms with van der Waals surface area (Å²) >= 11 is 5.84. The molecule has 2 fully saturated rings. The van der Waals surface area contributed by atoms with Gasteiger partial charge in [-0.1, -0.05) is 134 Å². The SMILES string of the molecule is CC(C)C(C)(C)[Si](C)(C)O[C@H]1CC[C@@]2(C)C(=CC=C3C2CC[C@]2(C)C([C@H](C)C(C#CC(C)(C)O[Si](C)(C)C(C)(C)C)OC(=S)Nc4ccccc4)=CCC32)C1. The number of benzene rings is 1. The van der Waals surface area contributed by atoms with Crippen LogP contribution in [0.5, 0.6) is 0 Å². The number of rotatable bonds is 10. The Morgan fingerprint density at radius 3 is 2.13 bits per heavy atom. The number of hydrogen-bond donors (Lipinski definition) is 1. The Bertz CT molecular complexity index is 1740. The van der Waals surface area contributed by atoms with Crippen LogP contribution in [-0.2, 0) is 13.6 Å². The third-order valence-corrected chi connectivity index (χ3v) is 25.1. The molecule has 1 N–H and O–H groups in total. The fourth-order valence-corrected chi connectivity index (χ4v) is 14.5. The zero-order chi connectivity index (χ0) is 41.0. The first-order chi connectivity index (χ1) is 25.2. The second-order valence-corrected chi connectivity index (χ2v) is 31.0. The molecule has 4 aliphatic carbocycles. The Hall–Kier alpha value is -1.96. The average Bonchev–Trinajstić information content (AvgIpc) is 3.43. The molecule has 0 heterocycles. The van der Waals surface area contributed by atoms with Crippen LogP contribution in [0.15, 0.2) is 65.3 Å². The molecule has 0 radical (unpaired) electrons. The molecule has 55 heavy (non-hydrogen) atoms. The second kappa shape index (κ2) is 15.7. The van der Waals surface area contributed by atoms with Crippen LogP contribution in [0.3, 0.4) is 0 Å². The van der Waals surface area contributed by atoms with Gasteiger partial charge in [0.2, 0.25) is 0 Å². The first-order valence-corrected chi connectivity index (χ1v) is 27.5. The van der Waals surface area contributed by atoms with Gasteiger partial charge in [-0.15, -0.1) is 0 Å². The van der Waals surface area contributed by atoms with E-state index >= 15 is 0 Å². The fourth-order valence-electron chi connectivity index (χ4n) is 9.92. The average molecular weight is 802 g/mol. The van der Waals surface area contributed by atoms with Gasteiger partial charge in [0.1, 0.15) is 5.60 Å². The number of allylic oxidation sites excluding steroid dienone is 4. The minimum atomic E-state index is -2.05. The van der Waals surface area contributed by atoms with E-state index in [1.807, 2.05) is 30.3 Å². The topological polar surface area (TPSA) is 39.7 Å². The largest absolute Gasteiger partial charge is 0.454 e. The minimum Gasteiger partial charge on any atom is -0.454 e. The van der Waals surface area contributed by atoms with Crippen molar-refractivity contribution in [2.24, 2.45) is 34.5 Å². The van der Waals surface area contributed by atoms with Crippen LogP contribution in [0.1, 0.15) is 122 Å². The number of fused-ring (bicyclic) bond motifs is 5. The zero-order valence-corrected chi connectivity index (χ0v) is 40.3. The molecule has 4 aliphatic rings. The van der Waals surface area contributed by atoms with Crippen molar-refractivity contribution in [1.82, 2.24) is 0 Å². The van der Waals surface area contributed by atoms with Crippen molar-refractivity contribution in [3.05, 3.63) is 65.3 Å². The van der Waals surface area contributed by atoms with Crippen LogP contribution in [0, 0.1) is 46.3 Å². The highest BCUT2D eigenvalue weighted by Gasteiger charge is 2.56. The third kappa shape index (κ3) is 8.90. The molecule has 0 aliphatic heterocycles. The highest BCUT2D eigenvalue weighted by atomic mass is 32.1. The van der Waals surface area contributed by atoms with E-state index in [-0.39, 0.29) is 26.8 Å². The lowest BCUT2D eigenvalue weighted by Gasteiger charge is -2.55. The number of nitrogens with one attached hydrogen (secondary N) is 1. The number of para-hydroxylation sites is 1. The summed E-state index contributed by atoms with van der Waals surface area (Å²) in [4.78, 5) is 0. The van der Waals surface area contributed by atoms with Gasteiger partial charge in [-0.05, 0) is 142 Å². The standard InChI is InChI=1S/C48H75NO3SSi2/c1-33(2)46(9,10)55(15,16)51-37-26-30-47(11)35(32-37)22-23-38-40-25-24-39(48(40,12)31-27-41(38)47)34(3)42(50-43(53)49-36-20-18-17-19-21-36)28-29-45(7,8)52-54(13,14)44(4,5)6/h17-24,33-34,37,40-42H,25-27,30-32H2,1-16H3,(H,49,53)/t34-,37-,40?,41?,42?,47-,48+/m0/s1. The summed E-state index contributed by atoms with van der Waals surface area (Å²) in [7, 11) is -3.96. The van der Waals surface area contributed by atoms with E-state index in [4.69, 9.17) is 25.8 Å². The normalized spacial score (nSPS) is 28.3. The van der Waals surface area contributed by atoms with E-state index < -0.39 is 28.3 Å². The lowest BCUT2D eigenvalue weighted by molar-refractivity contribution is 0.0625. The molecular formula is C48H75NO3SSi2. The van der Waals surface area contributed by atoms with Gasteiger partial charge in [0.25, 0.3) is 5.17 Å². The fraction of sp³-hybridized carbons (Fsp3) is 0.688. The van der Waals surface area contributed by atoms with Crippen molar-refractivity contribution >= 4 is 39.7 Å². The molecule has 7 heteroatoms. The van der Waals surface area contributed by atoms with Crippen LogP contribution in [-0.4, -0.2) is 39.6 Å². The van der Waals surface area contributed by atoms with Crippen LogP contribution < -0.4 is 5.32 Å². The van der Waals surface area contributed by atoms with Gasteiger partial charge in [-0.2, -0.15) is 0 Å². The first kappa shape index (κ1) is 44.2. The highest BCUT2D eigenvalue weighted by Crippen LogP contribution is 2.65. The predicted molar refractivity (Wildman–Crippen MR) is 243 cm³/mol. The van der Waals surface area contributed by atoms with Gasteiger partial charge in [0.15, 0.2) is 22.7 Å². The maximum absolute atomic E-state index is 7.15. The van der Waals surface area contributed by atoms with E-state index in [1.54, 1.807) is 11.1 Å². The summed E-state index contributed by atoms with van der Waals surface area (Å²) in [5.74, 6) is 8.90. The van der Waals surface area contributed by atoms with Crippen LogP contribution in [0.2, 0.25) is 36.3 Å². The summed E-state index contributed by atoms with van der Waals surface area (Å²) < 4.78 is 20.6. The Morgan fingerprint density at radius 2 is 1.51 bits per heavy atom. The summed E-state index contributed by atoms with van der Waals surface area (Å²) in [6.45, 7) is 37.5. The molecule has 0 bridgehead atoms. The minimum absolute atomic E-state index is 0.0484. The third-order valence-electron chi connectivity index (χ3n) is 15.7. The monoisotopic (exact) mass is 802 g/mol. The van der Waals surface area contributed by atoms with Crippen molar-refractivity contribution in [3.8, 4) is 11.8 Å². The van der Waals surface area contributed by atoms with Gasteiger partial charge in [0, 0.05) is 17.7 Å². The molecule has 5 rings (SSSR count). The van der Waals surface area contributed by atoms with E-state index in [9.17, 15) is 0 Å². The quantitative estimate of drug-likeness (QED) is 0.110. The summed E-state index contributed by atoms with van der Waals surface area (Å²) in [5, 5.41) is 3.98. The molecule has 3 unspecified atom stereocenters. The molecule has 304 valence electrons.